The minimum absolute atomic E-state index is 1.19. The predicted octanol–water partition coefficient (Wildman–Crippen LogP) is 3.73. The van der Waals surface area contributed by atoms with Gasteiger partial charge in [0.2, 0.25) is 0 Å². The molecule has 0 unspecified atom stereocenters. The minimum Gasteiger partial charge on any atom is -0.378 e. The lowest BCUT2D eigenvalue weighted by atomic mass is 10.1. The smallest absolute Gasteiger partial charge is 0.0361 e. The van der Waals surface area contributed by atoms with E-state index in [0.717, 1.165) is 0 Å². The molecule has 1 nitrogen and oxygen atoms in total. The first-order valence-electron chi connectivity index (χ1n) is 5.50. The van der Waals surface area contributed by atoms with Crippen molar-refractivity contribution in [1.29, 1.82) is 0 Å². The Morgan fingerprint density at radius 2 is 1.50 bits per heavy atom. The maximum Gasteiger partial charge on any atom is 0.0361 e. The van der Waals surface area contributed by atoms with Gasteiger partial charge >= 0.3 is 0 Å². The van der Waals surface area contributed by atoms with Gasteiger partial charge in [-0.2, -0.15) is 0 Å². The topological polar surface area (TPSA) is 3.24 Å². The van der Waals surface area contributed by atoms with Crippen LogP contribution in [0.4, 0.5) is 5.69 Å². The van der Waals surface area contributed by atoms with E-state index >= 15 is 0 Å². The first-order valence-corrected chi connectivity index (χ1v) is 5.50. The van der Waals surface area contributed by atoms with E-state index in [1.54, 1.807) is 0 Å². The molecular formula is C13H23N. The zero-order valence-corrected chi connectivity index (χ0v) is 10.2. The zero-order valence-electron chi connectivity index (χ0n) is 10.2. The first kappa shape index (κ1) is 13.0. The van der Waals surface area contributed by atoms with Crippen molar-refractivity contribution in [2.45, 2.75) is 33.6 Å². The molecule has 80 valence electrons. The zero-order chi connectivity index (χ0) is 11.0. The molecule has 1 heteroatoms. The number of benzene rings is 1. The van der Waals surface area contributed by atoms with Gasteiger partial charge in [0.25, 0.3) is 0 Å². The SMILES string of the molecule is CC.CCCc1ccc(N(C)C)cc1. The maximum absolute atomic E-state index is 2.21. The van der Waals surface area contributed by atoms with E-state index in [1.165, 1.54) is 24.1 Å². The summed E-state index contributed by atoms with van der Waals surface area (Å²) in [5, 5.41) is 0. The van der Waals surface area contributed by atoms with Gasteiger partial charge in [0, 0.05) is 19.8 Å². The molecule has 0 aliphatic heterocycles. The van der Waals surface area contributed by atoms with Crippen LogP contribution >= 0.6 is 0 Å². The Morgan fingerprint density at radius 1 is 1.00 bits per heavy atom. The molecular weight excluding hydrogens is 170 g/mol. The van der Waals surface area contributed by atoms with Crippen molar-refractivity contribution in [3.05, 3.63) is 29.8 Å². The highest BCUT2D eigenvalue weighted by Crippen LogP contribution is 2.12. The molecule has 0 N–H and O–H groups in total. The van der Waals surface area contributed by atoms with Gasteiger partial charge in [-0.3, -0.25) is 0 Å². The van der Waals surface area contributed by atoms with Crippen LogP contribution in [0, 0.1) is 0 Å². The van der Waals surface area contributed by atoms with E-state index in [-0.39, 0.29) is 0 Å². The van der Waals surface area contributed by atoms with Crippen LogP contribution in [0.25, 0.3) is 0 Å². The monoisotopic (exact) mass is 193 g/mol. The third-order valence-electron chi connectivity index (χ3n) is 1.99. The molecule has 14 heavy (non-hydrogen) atoms. The predicted molar refractivity (Wildman–Crippen MR) is 66.1 cm³/mol. The summed E-state index contributed by atoms with van der Waals surface area (Å²) in [5.74, 6) is 0. The average Bonchev–Trinajstić information content (AvgIpc) is 2.22. The Morgan fingerprint density at radius 3 is 1.86 bits per heavy atom. The number of anilines is 1. The molecule has 0 saturated carbocycles. The first-order chi connectivity index (χ1) is 6.74. The van der Waals surface area contributed by atoms with Crippen molar-refractivity contribution in [1.82, 2.24) is 0 Å². The van der Waals surface area contributed by atoms with Crippen molar-refractivity contribution in [3.63, 3.8) is 0 Å². The number of rotatable bonds is 3. The fraction of sp³-hybridized carbons (Fsp3) is 0.538. The van der Waals surface area contributed by atoms with Gasteiger partial charge in [-0.05, 0) is 24.1 Å². The summed E-state index contributed by atoms with van der Waals surface area (Å²) in [6.45, 7) is 6.21. The Kier molecular flexibility index (Phi) is 6.91. The summed E-state index contributed by atoms with van der Waals surface area (Å²) in [7, 11) is 4.13. The van der Waals surface area contributed by atoms with Crippen LogP contribution in [0.3, 0.4) is 0 Å². The lowest BCUT2D eigenvalue weighted by molar-refractivity contribution is 0.921. The molecule has 0 bridgehead atoms. The molecule has 0 heterocycles. The molecule has 0 aliphatic carbocycles. The summed E-state index contributed by atoms with van der Waals surface area (Å²) in [6, 6.07) is 8.76. The van der Waals surface area contributed by atoms with Crippen LogP contribution in [-0.2, 0) is 6.42 Å². The third kappa shape index (κ3) is 4.31. The molecule has 1 rings (SSSR count). The number of nitrogens with zero attached hydrogens (tertiary/aromatic N) is 1. The van der Waals surface area contributed by atoms with Gasteiger partial charge in [-0.1, -0.05) is 39.3 Å². The highest BCUT2D eigenvalue weighted by molar-refractivity contribution is 5.45. The Labute approximate surface area is 88.8 Å². The summed E-state index contributed by atoms with van der Waals surface area (Å²) in [4.78, 5) is 2.12. The van der Waals surface area contributed by atoms with Gasteiger partial charge in [-0.15, -0.1) is 0 Å². The van der Waals surface area contributed by atoms with Crippen molar-refractivity contribution in [2.24, 2.45) is 0 Å². The van der Waals surface area contributed by atoms with Crippen molar-refractivity contribution in [3.8, 4) is 0 Å². The van der Waals surface area contributed by atoms with Gasteiger partial charge in [0.1, 0.15) is 0 Å². The summed E-state index contributed by atoms with van der Waals surface area (Å²) in [5.41, 5.74) is 2.71. The fourth-order valence-corrected chi connectivity index (χ4v) is 1.25. The molecule has 0 atom stereocenters. The van der Waals surface area contributed by atoms with E-state index in [1.807, 2.05) is 13.8 Å². The second-order valence-electron chi connectivity index (χ2n) is 3.31. The molecule has 0 saturated heterocycles. The van der Waals surface area contributed by atoms with Crippen LogP contribution in [0.1, 0.15) is 32.8 Å². The van der Waals surface area contributed by atoms with Crippen LogP contribution in [0.2, 0.25) is 0 Å². The molecule has 0 aromatic heterocycles. The third-order valence-corrected chi connectivity index (χ3v) is 1.99. The Bertz CT molecular complexity index is 223. The number of aryl methyl sites for hydroxylation is 1. The van der Waals surface area contributed by atoms with Gasteiger partial charge in [0.05, 0.1) is 0 Å². The number of hydrogen-bond acceptors (Lipinski definition) is 1. The Hall–Kier alpha value is -0.980. The van der Waals surface area contributed by atoms with Gasteiger partial charge in [0.15, 0.2) is 0 Å². The van der Waals surface area contributed by atoms with E-state index in [9.17, 15) is 0 Å². The lowest BCUT2D eigenvalue weighted by Crippen LogP contribution is -2.08. The van der Waals surface area contributed by atoms with E-state index in [0.29, 0.717) is 0 Å². The molecule has 1 aromatic carbocycles. The second-order valence-corrected chi connectivity index (χ2v) is 3.31. The molecule has 0 amide bonds. The quantitative estimate of drug-likeness (QED) is 0.707. The van der Waals surface area contributed by atoms with Crippen LogP contribution in [0.15, 0.2) is 24.3 Å². The van der Waals surface area contributed by atoms with Crippen LogP contribution < -0.4 is 4.90 Å². The number of hydrogen-bond donors (Lipinski definition) is 0. The van der Waals surface area contributed by atoms with E-state index < -0.39 is 0 Å². The fourth-order valence-electron chi connectivity index (χ4n) is 1.25. The highest BCUT2D eigenvalue weighted by Gasteiger charge is 1.94. The van der Waals surface area contributed by atoms with Gasteiger partial charge in [-0.25, -0.2) is 0 Å². The van der Waals surface area contributed by atoms with E-state index in [2.05, 4.69) is 50.2 Å². The molecule has 1 aromatic rings. The summed E-state index contributed by atoms with van der Waals surface area (Å²) >= 11 is 0. The lowest BCUT2D eigenvalue weighted by Gasteiger charge is -2.12. The van der Waals surface area contributed by atoms with E-state index in [4.69, 9.17) is 0 Å². The molecule has 0 radical (unpaired) electrons. The minimum atomic E-state index is 1.19. The second kappa shape index (κ2) is 7.43. The largest absolute Gasteiger partial charge is 0.378 e. The highest BCUT2D eigenvalue weighted by atomic mass is 15.1. The van der Waals surface area contributed by atoms with Crippen LogP contribution in [0.5, 0.6) is 0 Å². The summed E-state index contributed by atoms with van der Waals surface area (Å²) in [6.07, 6.45) is 2.41. The molecule has 0 fully saturated rings. The normalized spacial score (nSPS) is 8.93. The van der Waals surface area contributed by atoms with Gasteiger partial charge < -0.3 is 4.90 Å². The molecule has 0 spiro atoms. The van der Waals surface area contributed by atoms with Crippen LogP contribution in [-0.4, -0.2) is 14.1 Å². The van der Waals surface area contributed by atoms with Crippen molar-refractivity contribution >= 4 is 5.69 Å². The maximum atomic E-state index is 2.21. The van der Waals surface area contributed by atoms with Crippen molar-refractivity contribution < 1.29 is 0 Å². The van der Waals surface area contributed by atoms with Crippen molar-refractivity contribution in [2.75, 3.05) is 19.0 Å². The average molecular weight is 193 g/mol. The Balaban J connectivity index is 0.000000791. The molecule has 0 aliphatic rings. The summed E-state index contributed by atoms with van der Waals surface area (Å²) < 4.78 is 0. The standard InChI is InChI=1S/C11H17N.C2H6/c1-4-5-10-6-8-11(9-7-10)12(2)3;1-2/h6-9H,4-5H2,1-3H3;1-2H3.